The number of hydrogen-bond acceptors (Lipinski definition) is 2. The second-order valence-corrected chi connectivity index (χ2v) is 3.61. The lowest BCUT2D eigenvalue weighted by atomic mass is 9.96. The highest BCUT2D eigenvalue weighted by Gasteiger charge is 2.16. The van der Waals surface area contributed by atoms with Crippen molar-refractivity contribution in [2.24, 2.45) is 0 Å². The summed E-state index contributed by atoms with van der Waals surface area (Å²) in [6.07, 6.45) is 2.17. The molecule has 0 bridgehead atoms. The first-order chi connectivity index (χ1) is 6.70. The van der Waals surface area contributed by atoms with Gasteiger partial charge < -0.3 is 10.4 Å². The highest BCUT2D eigenvalue weighted by Crippen LogP contribution is 2.28. The predicted octanol–water partition coefficient (Wildman–Crippen LogP) is 2.05. The SMILES string of the molecule is Cc1c(C(=O)O)ccc2c1NCCC2. The van der Waals surface area contributed by atoms with Crippen LogP contribution in [0.25, 0.3) is 0 Å². The van der Waals surface area contributed by atoms with Gasteiger partial charge in [-0.15, -0.1) is 0 Å². The summed E-state index contributed by atoms with van der Waals surface area (Å²) in [4.78, 5) is 10.9. The zero-order valence-corrected chi connectivity index (χ0v) is 8.13. The third kappa shape index (κ3) is 1.35. The van der Waals surface area contributed by atoms with Crippen LogP contribution in [0.4, 0.5) is 5.69 Å². The molecular weight excluding hydrogens is 178 g/mol. The molecule has 0 atom stereocenters. The molecule has 1 heterocycles. The van der Waals surface area contributed by atoms with Gasteiger partial charge in [-0.05, 0) is 37.0 Å². The van der Waals surface area contributed by atoms with Gasteiger partial charge in [0.25, 0.3) is 0 Å². The fourth-order valence-electron chi connectivity index (χ4n) is 1.95. The zero-order chi connectivity index (χ0) is 10.1. The Morgan fingerprint density at radius 1 is 1.50 bits per heavy atom. The van der Waals surface area contributed by atoms with Crippen LogP contribution in [0.3, 0.4) is 0 Å². The summed E-state index contributed by atoms with van der Waals surface area (Å²) in [5.74, 6) is -0.849. The van der Waals surface area contributed by atoms with Crippen molar-refractivity contribution >= 4 is 11.7 Å². The van der Waals surface area contributed by atoms with Crippen molar-refractivity contribution in [3.8, 4) is 0 Å². The van der Waals surface area contributed by atoms with Crippen molar-refractivity contribution in [1.82, 2.24) is 0 Å². The molecule has 0 saturated heterocycles. The van der Waals surface area contributed by atoms with Crippen molar-refractivity contribution in [2.45, 2.75) is 19.8 Å². The van der Waals surface area contributed by atoms with Gasteiger partial charge in [-0.25, -0.2) is 4.79 Å². The number of carbonyl (C=O) groups is 1. The summed E-state index contributed by atoms with van der Waals surface area (Å²) in [6, 6.07) is 3.61. The Morgan fingerprint density at radius 3 is 3.00 bits per heavy atom. The topological polar surface area (TPSA) is 49.3 Å². The minimum Gasteiger partial charge on any atom is -0.478 e. The van der Waals surface area contributed by atoms with Crippen molar-refractivity contribution in [1.29, 1.82) is 0 Å². The van der Waals surface area contributed by atoms with Gasteiger partial charge in [-0.3, -0.25) is 0 Å². The van der Waals surface area contributed by atoms with Gasteiger partial charge >= 0.3 is 5.97 Å². The lowest BCUT2D eigenvalue weighted by Gasteiger charge is -2.20. The molecule has 0 spiro atoms. The van der Waals surface area contributed by atoms with Crippen LogP contribution in [-0.4, -0.2) is 17.6 Å². The van der Waals surface area contributed by atoms with Crippen LogP contribution in [0.1, 0.15) is 27.9 Å². The smallest absolute Gasteiger partial charge is 0.336 e. The van der Waals surface area contributed by atoms with Gasteiger partial charge in [0.15, 0.2) is 0 Å². The monoisotopic (exact) mass is 191 g/mol. The second-order valence-electron chi connectivity index (χ2n) is 3.61. The molecule has 2 rings (SSSR count). The van der Waals surface area contributed by atoms with Crippen molar-refractivity contribution < 1.29 is 9.90 Å². The molecule has 2 N–H and O–H groups in total. The standard InChI is InChI=1S/C11H13NO2/c1-7-9(11(13)14)5-4-8-3-2-6-12-10(7)8/h4-5,12H,2-3,6H2,1H3,(H,13,14). The van der Waals surface area contributed by atoms with E-state index in [9.17, 15) is 4.79 Å². The van der Waals surface area contributed by atoms with Gasteiger partial charge in [-0.1, -0.05) is 6.07 Å². The number of nitrogens with one attached hydrogen (secondary N) is 1. The number of hydrogen-bond donors (Lipinski definition) is 2. The quantitative estimate of drug-likeness (QED) is 0.714. The molecule has 0 saturated carbocycles. The van der Waals surface area contributed by atoms with Crippen molar-refractivity contribution in [3.63, 3.8) is 0 Å². The van der Waals surface area contributed by atoms with Gasteiger partial charge in [0.1, 0.15) is 0 Å². The van der Waals surface area contributed by atoms with Crippen LogP contribution in [0, 0.1) is 6.92 Å². The number of aromatic carboxylic acids is 1. The summed E-state index contributed by atoms with van der Waals surface area (Å²) in [5, 5.41) is 12.2. The number of aryl methyl sites for hydroxylation is 1. The molecule has 0 amide bonds. The van der Waals surface area contributed by atoms with Crippen molar-refractivity contribution in [2.75, 3.05) is 11.9 Å². The van der Waals surface area contributed by atoms with E-state index in [-0.39, 0.29) is 0 Å². The lowest BCUT2D eigenvalue weighted by Crippen LogP contribution is -2.15. The maximum absolute atomic E-state index is 10.9. The van der Waals surface area contributed by atoms with E-state index in [1.165, 1.54) is 5.56 Å². The van der Waals surface area contributed by atoms with E-state index in [4.69, 9.17) is 5.11 Å². The maximum Gasteiger partial charge on any atom is 0.336 e. The molecule has 3 nitrogen and oxygen atoms in total. The Kier molecular flexibility index (Phi) is 2.15. The summed E-state index contributed by atoms with van der Waals surface area (Å²) >= 11 is 0. The number of fused-ring (bicyclic) bond motifs is 1. The number of rotatable bonds is 1. The van der Waals surface area contributed by atoms with Gasteiger partial charge in [0, 0.05) is 12.2 Å². The molecule has 1 aromatic rings. The summed E-state index contributed by atoms with van der Waals surface area (Å²) < 4.78 is 0. The second kappa shape index (κ2) is 3.33. The first kappa shape index (κ1) is 9.06. The minimum atomic E-state index is -0.849. The van der Waals surface area contributed by atoms with E-state index in [1.54, 1.807) is 6.07 Å². The van der Waals surface area contributed by atoms with Crippen LogP contribution < -0.4 is 5.32 Å². The Morgan fingerprint density at radius 2 is 2.29 bits per heavy atom. The molecule has 1 aliphatic heterocycles. The highest BCUT2D eigenvalue weighted by molar-refractivity contribution is 5.91. The average molecular weight is 191 g/mol. The largest absolute Gasteiger partial charge is 0.478 e. The van der Waals surface area contributed by atoms with Gasteiger partial charge in [0.2, 0.25) is 0 Å². The van der Waals surface area contributed by atoms with E-state index in [0.717, 1.165) is 30.6 Å². The first-order valence-electron chi connectivity index (χ1n) is 4.80. The molecule has 3 heteroatoms. The van der Waals surface area contributed by atoms with Crippen LogP contribution in [0.5, 0.6) is 0 Å². The number of benzene rings is 1. The summed E-state index contributed by atoms with van der Waals surface area (Å²) in [7, 11) is 0. The highest BCUT2D eigenvalue weighted by atomic mass is 16.4. The minimum absolute atomic E-state index is 0.401. The van der Waals surface area contributed by atoms with Crippen LogP contribution >= 0.6 is 0 Å². The lowest BCUT2D eigenvalue weighted by molar-refractivity contribution is 0.0696. The van der Waals surface area contributed by atoms with E-state index in [0.29, 0.717) is 5.56 Å². The number of carboxylic acids is 1. The Bertz CT molecular complexity index is 385. The Balaban J connectivity index is 2.54. The molecule has 0 aromatic heterocycles. The van der Waals surface area contributed by atoms with E-state index in [2.05, 4.69) is 5.32 Å². The summed E-state index contributed by atoms with van der Waals surface area (Å²) in [5.41, 5.74) is 3.52. The van der Waals surface area contributed by atoms with E-state index < -0.39 is 5.97 Å². The van der Waals surface area contributed by atoms with Crippen LogP contribution in [0.15, 0.2) is 12.1 Å². The van der Waals surface area contributed by atoms with E-state index in [1.807, 2.05) is 13.0 Å². The first-order valence-corrected chi connectivity index (χ1v) is 4.80. The molecule has 74 valence electrons. The third-order valence-corrected chi connectivity index (χ3v) is 2.71. The average Bonchev–Trinajstić information content (AvgIpc) is 2.18. The zero-order valence-electron chi connectivity index (χ0n) is 8.13. The normalized spacial score (nSPS) is 14.4. The van der Waals surface area contributed by atoms with Crippen LogP contribution in [0.2, 0.25) is 0 Å². The predicted molar refractivity (Wildman–Crippen MR) is 54.9 cm³/mol. The fraction of sp³-hybridized carbons (Fsp3) is 0.364. The van der Waals surface area contributed by atoms with Gasteiger partial charge in [0.05, 0.1) is 5.56 Å². The summed E-state index contributed by atoms with van der Waals surface area (Å²) in [6.45, 7) is 2.80. The number of carboxylic acid groups (broad SMARTS) is 1. The molecule has 0 radical (unpaired) electrons. The maximum atomic E-state index is 10.9. The molecule has 1 aromatic carbocycles. The van der Waals surface area contributed by atoms with E-state index >= 15 is 0 Å². The molecule has 0 fully saturated rings. The number of anilines is 1. The molecule has 1 aliphatic rings. The molecular formula is C11H13NO2. The molecule has 0 aliphatic carbocycles. The Labute approximate surface area is 82.8 Å². The third-order valence-electron chi connectivity index (χ3n) is 2.71. The van der Waals surface area contributed by atoms with Crippen LogP contribution in [-0.2, 0) is 6.42 Å². The van der Waals surface area contributed by atoms with Gasteiger partial charge in [-0.2, -0.15) is 0 Å². The molecule has 14 heavy (non-hydrogen) atoms. The molecule has 0 unspecified atom stereocenters. The van der Waals surface area contributed by atoms with Crippen molar-refractivity contribution in [3.05, 3.63) is 28.8 Å². The fourth-order valence-corrected chi connectivity index (χ4v) is 1.95. The Hall–Kier alpha value is -1.51.